The number of rotatable bonds is 11. The molecule has 0 spiro atoms. The van der Waals surface area contributed by atoms with Gasteiger partial charge in [0, 0.05) is 12.8 Å². The van der Waals surface area contributed by atoms with Crippen molar-refractivity contribution in [2.24, 2.45) is 0 Å². The number of urea groups is 3. The standard InChI is InChI=1S/C8H14N4O6.C5H8O2.C3H8N2O3.C2H6O2.CH2O.BH3O3/c13-1-9-5-6(11(3-15)7(9)17)12(4-16)8(18)10(5)2-14;6-4-2-1-3-5-7;6-1-4-3(8)5-2-7;3-1-2-4;1-2;2-1(3)4/h5-6,13-16H,1-4H2;4-5H,1-3H2;6-7H,1-2H2,(H2,4,5,8);3-4H,1-2H2;1H2;2-4H. The van der Waals surface area contributed by atoms with Gasteiger partial charge in [-0.15, -0.1) is 0 Å². The monoisotopic (exact) mass is 636 g/mol. The normalized spacial score (nSPS) is 15.8. The summed E-state index contributed by atoms with van der Waals surface area (Å²) in [5.74, 6) is 0. The quantitative estimate of drug-likeness (QED) is 0.0433. The van der Waals surface area contributed by atoms with E-state index in [1.165, 1.54) is 0 Å². The van der Waals surface area contributed by atoms with E-state index >= 15 is 0 Å². The maximum Gasteiger partial charge on any atom is 0.631 e. The van der Waals surface area contributed by atoms with Crippen LogP contribution >= 0.6 is 0 Å². The number of aliphatic hydroxyl groups is 8. The van der Waals surface area contributed by atoms with Crippen molar-refractivity contribution in [1.29, 1.82) is 0 Å². The number of nitrogens with one attached hydrogen (secondary N) is 2. The van der Waals surface area contributed by atoms with Crippen molar-refractivity contribution in [2.75, 3.05) is 53.6 Å². The summed E-state index contributed by atoms with van der Waals surface area (Å²) in [5.41, 5.74) is 0. The van der Waals surface area contributed by atoms with E-state index in [0.29, 0.717) is 19.3 Å². The molecule has 23 nitrogen and oxygen atoms in total. The first-order chi connectivity index (χ1) is 20.5. The lowest BCUT2D eigenvalue weighted by Crippen LogP contribution is -2.47. The van der Waals surface area contributed by atoms with Crippen LogP contribution in [0.15, 0.2) is 0 Å². The molecular formula is C19H41BN6O17. The number of aliphatic hydroxyl groups excluding tert-OH is 8. The fourth-order valence-corrected chi connectivity index (χ4v) is 2.83. The molecule has 2 fully saturated rings. The number of hydrogen-bond donors (Lipinski definition) is 13. The topological polar surface area (TPSA) is 362 Å². The first-order valence-electron chi connectivity index (χ1n) is 11.7. The summed E-state index contributed by atoms with van der Waals surface area (Å²) in [6.45, 7) is -1.77. The van der Waals surface area contributed by atoms with Crippen LogP contribution in [0.3, 0.4) is 0 Å². The number of aldehydes is 2. The molecule has 2 aliphatic heterocycles. The SMILES string of the molecule is C=O.O=C(NCO)NCO.O=C1N(CO)C2C(N1CO)N(CO)C(=O)N2CO.O=CCCCC=O.OB(O)O.OCCO. The van der Waals surface area contributed by atoms with Gasteiger partial charge in [0.15, 0.2) is 12.3 Å². The molecule has 0 radical (unpaired) electrons. The fourth-order valence-electron chi connectivity index (χ4n) is 2.83. The van der Waals surface area contributed by atoms with Gasteiger partial charge in [0.25, 0.3) is 0 Å². The molecule has 0 aromatic rings. The number of nitrogens with zero attached hydrogens (tertiary/aromatic N) is 4. The Hall–Kier alpha value is -3.56. The summed E-state index contributed by atoms with van der Waals surface area (Å²) in [7, 11) is -2.17. The van der Waals surface area contributed by atoms with Gasteiger partial charge in [0.05, 0.1) is 13.2 Å². The van der Waals surface area contributed by atoms with Crippen molar-refractivity contribution in [2.45, 2.75) is 31.6 Å². The largest absolute Gasteiger partial charge is 0.631 e. The Labute approximate surface area is 245 Å². The Balaban J connectivity index is -0.000000254. The van der Waals surface area contributed by atoms with Crippen LogP contribution in [0.2, 0.25) is 0 Å². The number of carbonyl (C=O) groups is 6. The van der Waals surface area contributed by atoms with E-state index in [1.54, 1.807) is 0 Å². The molecule has 2 saturated heterocycles. The highest BCUT2D eigenvalue weighted by atomic mass is 16.5. The molecule has 0 atom stereocenters. The molecule has 2 aliphatic rings. The van der Waals surface area contributed by atoms with Gasteiger partial charge in [0.2, 0.25) is 0 Å². The van der Waals surface area contributed by atoms with Gasteiger partial charge in [-0.05, 0) is 6.42 Å². The zero-order valence-corrected chi connectivity index (χ0v) is 23.0. The Morgan fingerprint density at radius 3 is 1.09 bits per heavy atom. The minimum Gasteiger partial charge on any atom is -0.402 e. The molecule has 0 aromatic carbocycles. The van der Waals surface area contributed by atoms with Crippen LogP contribution in [0, 0.1) is 0 Å². The molecule has 2 heterocycles. The van der Waals surface area contributed by atoms with Gasteiger partial charge < -0.3 is 80.9 Å². The van der Waals surface area contributed by atoms with E-state index in [-0.39, 0.29) is 13.2 Å². The summed E-state index contributed by atoms with van der Waals surface area (Å²) in [5, 5.41) is 93.4. The third-order valence-corrected chi connectivity index (χ3v) is 4.36. The number of fused-ring (bicyclic) bond motifs is 1. The second kappa shape index (κ2) is 31.4. The molecule has 0 aliphatic carbocycles. The highest BCUT2D eigenvalue weighted by molar-refractivity contribution is 6.30. The maximum atomic E-state index is 11.8. The summed E-state index contributed by atoms with van der Waals surface area (Å²) >= 11 is 0. The zero-order chi connectivity index (χ0) is 34.4. The predicted octanol–water partition coefficient (Wildman–Crippen LogP) is -7.61. The van der Waals surface area contributed by atoms with E-state index in [0.717, 1.165) is 32.2 Å². The first-order valence-corrected chi connectivity index (χ1v) is 11.7. The highest BCUT2D eigenvalue weighted by Gasteiger charge is 2.58. The lowest BCUT2D eigenvalue weighted by molar-refractivity contribution is -0.109. The minimum atomic E-state index is -2.17. The minimum absolute atomic E-state index is 0.125. The van der Waals surface area contributed by atoms with Crippen LogP contribution in [0.5, 0.6) is 0 Å². The maximum absolute atomic E-state index is 11.8. The molecule has 2 rings (SSSR count). The van der Waals surface area contributed by atoms with Gasteiger partial charge in [-0.25, -0.2) is 14.4 Å². The average molecular weight is 636 g/mol. The van der Waals surface area contributed by atoms with Gasteiger partial charge in [0.1, 0.15) is 59.7 Å². The summed E-state index contributed by atoms with van der Waals surface area (Å²) in [6, 6.07) is -1.95. The number of hydrogen-bond acceptors (Lipinski definition) is 17. The Kier molecular flexibility index (Phi) is 33.9. The summed E-state index contributed by atoms with van der Waals surface area (Å²) in [4.78, 5) is 64.5. The highest BCUT2D eigenvalue weighted by Crippen LogP contribution is 2.33. The predicted molar refractivity (Wildman–Crippen MR) is 140 cm³/mol. The molecule has 0 bridgehead atoms. The molecule has 13 N–H and O–H groups in total. The van der Waals surface area contributed by atoms with Crippen LogP contribution in [-0.4, -0.2) is 186 Å². The van der Waals surface area contributed by atoms with Gasteiger partial charge in [-0.3, -0.25) is 19.6 Å². The first kappa shape index (κ1) is 46.4. The van der Waals surface area contributed by atoms with Crippen LogP contribution < -0.4 is 10.6 Å². The van der Waals surface area contributed by atoms with Gasteiger partial charge in [-0.1, -0.05) is 0 Å². The molecule has 0 aromatic heterocycles. The van der Waals surface area contributed by atoms with E-state index < -0.39 is 78.1 Å². The molecular weight excluding hydrogens is 595 g/mol. The van der Waals surface area contributed by atoms with Crippen molar-refractivity contribution in [3.63, 3.8) is 0 Å². The zero-order valence-electron chi connectivity index (χ0n) is 23.0. The molecule has 0 saturated carbocycles. The smallest absolute Gasteiger partial charge is 0.402 e. The van der Waals surface area contributed by atoms with Crippen molar-refractivity contribution >= 4 is 44.8 Å². The Morgan fingerprint density at radius 1 is 0.674 bits per heavy atom. The van der Waals surface area contributed by atoms with Crippen molar-refractivity contribution < 1.29 is 84.7 Å². The van der Waals surface area contributed by atoms with Gasteiger partial charge >= 0.3 is 25.4 Å². The number of unbranched alkanes of at least 4 members (excludes halogenated alkanes) is 2. The van der Waals surface area contributed by atoms with Crippen molar-refractivity contribution in [1.82, 2.24) is 30.2 Å². The summed E-state index contributed by atoms with van der Waals surface area (Å²) < 4.78 is 0. The van der Waals surface area contributed by atoms with E-state index in [4.69, 9.17) is 60.7 Å². The Bertz CT molecular complexity index is 661. The second-order valence-corrected chi connectivity index (χ2v) is 6.89. The van der Waals surface area contributed by atoms with Crippen LogP contribution in [0.1, 0.15) is 19.3 Å². The third-order valence-electron chi connectivity index (χ3n) is 4.36. The van der Waals surface area contributed by atoms with Crippen molar-refractivity contribution in [3.05, 3.63) is 0 Å². The molecule has 0 unspecified atom stereocenters. The van der Waals surface area contributed by atoms with Crippen LogP contribution in [0.4, 0.5) is 14.4 Å². The third kappa shape index (κ3) is 19.3. The van der Waals surface area contributed by atoms with E-state index in [2.05, 4.69) is 0 Å². The summed E-state index contributed by atoms with van der Waals surface area (Å²) in [6.07, 6.45) is 1.48. The van der Waals surface area contributed by atoms with E-state index in [1.807, 2.05) is 17.4 Å². The lowest BCUT2D eigenvalue weighted by Gasteiger charge is -2.26. The number of amides is 6. The fraction of sp³-hybridized carbons (Fsp3) is 0.684. The molecule has 6 amide bonds. The number of carbonyl (C=O) groups excluding carboxylic acids is 6. The van der Waals surface area contributed by atoms with Crippen molar-refractivity contribution in [3.8, 4) is 0 Å². The molecule has 24 heteroatoms. The molecule has 43 heavy (non-hydrogen) atoms. The molecule has 252 valence electrons. The Morgan fingerprint density at radius 2 is 0.930 bits per heavy atom. The van der Waals surface area contributed by atoms with E-state index in [9.17, 15) is 24.0 Å². The van der Waals surface area contributed by atoms with Crippen LogP contribution in [-0.2, 0) is 14.4 Å². The lowest BCUT2D eigenvalue weighted by atomic mass is 10.3. The second-order valence-electron chi connectivity index (χ2n) is 6.89. The van der Waals surface area contributed by atoms with Crippen LogP contribution in [0.25, 0.3) is 0 Å². The average Bonchev–Trinajstić information content (AvgIpc) is 3.42. The van der Waals surface area contributed by atoms with Gasteiger partial charge in [-0.2, -0.15) is 0 Å².